The van der Waals surface area contributed by atoms with Crippen LogP contribution in [0.2, 0.25) is 0 Å². The molecule has 0 aromatic heterocycles. The lowest BCUT2D eigenvalue weighted by Crippen LogP contribution is -2.65. The van der Waals surface area contributed by atoms with Crippen LogP contribution in [0.4, 0.5) is 0 Å². The fourth-order valence-electron chi connectivity index (χ4n) is 6.46. The van der Waals surface area contributed by atoms with Crippen molar-refractivity contribution < 1.29 is 21.9 Å². The normalized spacial score (nSPS) is 13.7. The summed E-state index contributed by atoms with van der Waals surface area (Å²) < 4.78 is 34.4. The van der Waals surface area contributed by atoms with Gasteiger partial charge in [-0.15, -0.1) is 0 Å². The summed E-state index contributed by atoms with van der Waals surface area (Å²) in [5, 5.41) is 0. The Labute approximate surface area is 246 Å². The van der Waals surface area contributed by atoms with Gasteiger partial charge in [-0.3, -0.25) is 13.5 Å². The molecule has 1 unspecified atom stereocenters. The zero-order valence-electron chi connectivity index (χ0n) is 27.5. The third-order valence-corrected chi connectivity index (χ3v) is 9.68. The fraction of sp³-hybridized carbons (Fsp3) is 1.00. The Morgan fingerprint density at radius 3 is 1.00 bits per heavy atom. The molecule has 0 aliphatic carbocycles. The Balaban J connectivity index is 4.45. The monoisotopic (exact) mass is 577 g/mol. The van der Waals surface area contributed by atoms with E-state index < -0.39 is 10.1 Å². The van der Waals surface area contributed by atoms with E-state index in [0.29, 0.717) is 6.42 Å². The van der Waals surface area contributed by atoms with Crippen molar-refractivity contribution in [1.82, 2.24) is 0 Å². The van der Waals surface area contributed by atoms with E-state index in [4.69, 9.17) is 0 Å². The molecule has 0 saturated heterocycles. The highest BCUT2D eigenvalue weighted by Gasteiger charge is 2.41. The van der Waals surface area contributed by atoms with E-state index in [1.54, 1.807) is 0 Å². The fourth-order valence-corrected chi connectivity index (χ4v) is 6.97. The molecule has 1 N–H and O–H groups in total. The predicted molar refractivity (Wildman–Crippen MR) is 172 cm³/mol. The van der Waals surface area contributed by atoms with Gasteiger partial charge < -0.3 is 0 Å². The molecule has 0 saturated carbocycles. The van der Waals surface area contributed by atoms with Crippen molar-refractivity contribution in [3.05, 3.63) is 0 Å². The summed E-state index contributed by atoms with van der Waals surface area (Å²) in [6.07, 6.45) is 30.2. The van der Waals surface area contributed by atoms with Gasteiger partial charge in [0.2, 0.25) is 6.17 Å². The standard InChI is InChI=1S/C33H71N2O3S/c1-7-9-11-13-15-17-19-20-22-24-26-28-31-35(5,6)33(29-32-39(36,37)38)34(3,4)30-27-25-23-21-18-16-14-12-10-8-2/h33H,7-32H2,1-6H3/q+1/p+1. The largest absolute Gasteiger partial charge is 0.286 e. The Morgan fingerprint density at radius 1 is 0.487 bits per heavy atom. The minimum Gasteiger partial charge on any atom is -0.286 e. The molecule has 0 aliphatic rings. The van der Waals surface area contributed by atoms with Gasteiger partial charge in [-0.05, 0) is 25.7 Å². The Hall–Kier alpha value is -0.170. The van der Waals surface area contributed by atoms with Gasteiger partial charge >= 0.3 is 0 Å². The van der Waals surface area contributed by atoms with Gasteiger partial charge in [0.15, 0.2) is 0 Å². The lowest BCUT2D eigenvalue weighted by atomic mass is 10.0. The van der Waals surface area contributed by atoms with E-state index in [2.05, 4.69) is 42.0 Å². The van der Waals surface area contributed by atoms with Gasteiger partial charge in [0.1, 0.15) is 0 Å². The van der Waals surface area contributed by atoms with Gasteiger partial charge in [0, 0.05) is 0 Å². The molecule has 1 atom stereocenters. The maximum Gasteiger partial charge on any atom is 0.265 e. The van der Waals surface area contributed by atoms with E-state index in [1.165, 1.54) is 141 Å². The maximum atomic E-state index is 11.6. The third-order valence-electron chi connectivity index (χ3n) is 8.92. The van der Waals surface area contributed by atoms with Crippen LogP contribution in [0.3, 0.4) is 0 Å². The zero-order chi connectivity index (χ0) is 29.5. The highest BCUT2D eigenvalue weighted by Crippen LogP contribution is 2.24. The first-order chi connectivity index (χ1) is 18.5. The number of nitrogens with zero attached hydrogens (tertiary/aromatic N) is 2. The SMILES string of the molecule is CCCCCCCCCCCCCC[N+](C)(C)C(CCS(=O)(=O)O)[N+](C)(C)CCCCCCCCCCCC. The molecule has 0 aromatic rings. The van der Waals surface area contributed by atoms with Crippen LogP contribution in [0.25, 0.3) is 0 Å². The van der Waals surface area contributed by atoms with E-state index in [0.717, 1.165) is 22.1 Å². The first kappa shape index (κ1) is 38.8. The van der Waals surface area contributed by atoms with Crippen LogP contribution in [0.15, 0.2) is 0 Å². The van der Waals surface area contributed by atoms with Crippen molar-refractivity contribution in [2.75, 3.05) is 47.0 Å². The number of rotatable bonds is 29. The van der Waals surface area contributed by atoms with Crippen LogP contribution in [0, 0.1) is 0 Å². The lowest BCUT2D eigenvalue weighted by molar-refractivity contribution is -1.10. The molecule has 0 aliphatic heterocycles. The second-order valence-electron chi connectivity index (χ2n) is 13.6. The molecule has 0 rings (SSSR count). The van der Waals surface area contributed by atoms with Crippen molar-refractivity contribution in [2.24, 2.45) is 0 Å². The zero-order valence-corrected chi connectivity index (χ0v) is 28.3. The quantitative estimate of drug-likeness (QED) is 0.0418. The van der Waals surface area contributed by atoms with Crippen LogP contribution >= 0.6 is 0 Å². The summed E-state index contributed by atoms with van der Waals surface area (Å²) in [5.74, 6) is -0.141. The van der Waals surface area contributed by atoms with Gasteiger partial charge in [0.05, 0.1) is 53.5 Å². The smallest absolute Gasteiger partial charge is 0.265 e. The van der Waals surface area contributed by atoms with Crippen LogP contribution in [-0.4, -0.2) is 75.1 Å². The molecule has 0 bridgehead atoms. The van der Waals surface area contributed by atoms with Crippen molar-refractivity contribution in [1.29, 1.82) is 0 Å². The summed E-state index contributed by atoms with van der Waals surface area (Å²) in [6, 6.07) is 0. The molecule has 6 heteroatoms. The van der Waals surface area contributed by atoms with Crippen molar-refractivity contribution in [3.63, 3.8) is 0 Å². The summed E-state index contributed by atoms with van der Waals surface area (Å²) in [7, 11) is 5.13. The molecule has 0 radical (unpaired) electrons. The third kappa shape index (κ3) is 23.1. The van der Waals surface area contributed by atoms with Crippen LogP contribution in [-0.2, 0) is 10.1 Å². The predicted octanol–water partition coefficient (Wildman–Crippen LogP) is 9.37. The van der Waals surface area contributed by atoms with E-state index in [9.17, 15) is 13.0 Å². The molecule has 0 aromatic carbocycles. The van der Waals surface area contributed by atoms with Crippen LogP contribution in [0.1, 0.15) is 162 Å². The Bertz CT molecular complexity index is 649. The van der Waals surface area contributed by atoms with E-state index >= 15 is 0 Å². The summed E-state index contributed by atoms with van der Waals surface area (Å²) in [5.41, 5.74) is 0. The number of hydrogen-bond donors (Lipinski definition) is 1. The number of unbranched alkanes of at least 4 members (excludes halogenated alkanes) is 20. The first-order valence-electron chi connectivity index (χ1n) is 17.1. The average Bonchev–Trinajstić information content (AvgIpc) is 2.84. The summed E-state index contributed by atoms with van der Waals surface area (Å²) in [6.45, 7) is 6.67. The van der Waals surface area contributed by atoms with Gasteiger partial charge in [-0.2, -0.15) is 8.42 Å². The molecule has 0 heterocycles. The number of hydrogen-bond acceptors (Lipinski definition) is 2. The van der Waals surface area contributed by atoms with Crippen molar-refractivity contribution >= 4 is 10.1 Å². The van der Waals surface area contributed by atoms with E-state index in [1.807, 2.05) is 0 Å². The second kappa shape index (κ2) is 23.4. The van der Waals surface area contributed by atoms with E-state index in [-0.39, 0.29) is 11.9 Å². The van der Waals surface area contributed by atoms with Gasteiger partial charge in [-0.1, -0.05) is 129 Å². The molecule has 39 heavy (non-hydrogen) atoms. The second-order valence-corrected chi connectivity index (χ2v) is 15.2. The van der Waals surface area contributed by atoms with Crippen LogP contribution in [0.5, 0.6) is 0 Å². The topological polar surface area (TPSA) is 54.4 Å². The van der Waals surface area contributed by atoms with Crippen LogP contribution < -0.4 is 0 Å². The highest BCUT2D eigenvalue weighted by atomic mass is 32.2. The highest BCUT2D eigenvalue weighted by molar-refractivity contribution is 7.85. The number of quaternary nitrogens is 2. The molecule has 0 fully saturated rings. The summed E-state index contributed by atoms with van der Waals surface area (Å²) in [4.78, 5) is 0. The molecule has 5 nitrogen and oxygen atoms in total. The molecule has 0 amide bonds. The minimum atomic E-state index is -3.95. The Kier molecular flexibility index (Phi) is 23.3. The maximum absolute atomic E-state index is 11.6. The minimum absolute atomic E-state index is 0.141. The average molecular weight is 577 g/mol. The molecule has 236 valence electrons. The van der Waals surface area contributed by atoms with Crippen molar-refractivity contribution in [2.45, 2.75) is 168 Å². The lowest BCUT2D eigenvalue weighted by Gasteiger charge is -2.47. The molecule has 0 spiro atoms. The summed E-state index contributed by atoms with van der Waals surface area (Å²) >= 11 is 0. The molecular weight excluding hydrogens is 504 g/mol. The first-order valence-corrected chi connectivity index (χ1v) is 18.7. The molecular formula is C33H72N2O3S+2. The Morgan fingerprint density at radius 2 is 0.744 bits per heavy atom. The van der Waals surface area contributed by atoms with Gasteiger partial charge in [-0.25, -0.2) is 0 Å². The van der Waals surface area contributed by atoms with Gasteiger partial charge in [0.25, 0.3) is 10.1 Å². The van der Waals surface area contributed by atoms with Crippen molar-refractivity contribution in [3.8, 4) is 0 Å².